The predicted octanol–water partition coefficient (Wildman–Crippen LogP) is 5.16. The molecule has 118 valence electrons. The number of nitrogens with zero attached hydrogens (tertiary/aromatic N) is 3. The normalized spacial score (nSPS) is 10.9. The second kappa shape index (κ2) is 7.27. The first-order valence-corrected chi connectivity index (χ1v) is 9.01. The Balaban J connectivity index is 1.82. The van der Waals surface area contributed by atoms with Crippen LogP contribution in [0.1, 0.15) is 12.5 Å². The molecule has 3 aromatic rings. The summed E-state index contributed by atoms with van der Waals surface area (Å²) in [5, 5.41) is 9.46. The Bertz CT molecular complexity index is 802. The van der Waals surface area contributed by atoms with Crippen LogP contribution in [-0.4, -0.2) is 14.8 Å². The summed E-state index contributed by atoms with van der Waals surface area (Å²) >= 11 is 5.00. The molecule has 0 unspecified atom stereocenters. The summed E-state index contributed by atoms with van der Waals surface area (Å²) < 4.78 is 16.4. The molecule has 0 fully saturated rings. The maximum absolute atomic E-state index is 13.3. The van der Waals surface area contributed by atoms with Crippen molar-refractivity contribution in [1.29, 1.82) is 0 Å². The molecule has 6 heteroatoms. The molecule has 0 amide bonds. The molecular formula is C17H15BrFN3S. The van der Waals surface area contributed by atoms with Crippen molar-refractivity contribution in [3.05, 3.63) is 64.4 Å². The fourth-order valence-electron chi connectivity index (χ4n) is 2.27. The number of halogens is 2. The van der Waals surface area contributed by atoms with E-state index in [4.69, 9.17) is 0 Å². The molecule has 1 aromatic heterocycles. The number of rotatable bonds is 5. The van der Waals surface area contributed by atoms with E-state index in [1.165, 1.54) is 6.07 Å². The van der Waals surface area contributed by atoms with Gasteiger partial charge in [-0.3, -0.25) is 0 Å². The van der Waals surface area contributed by atoms with Crippen LogP contribution in [0.25, 0.3) is 11.4 Å². The highest BCUT2D eigenvalue weighted by Gasteiger charge is 2.13. The van der Waals surface area contributed by atoms with Crippen molar-refractivity contribution in [1.82, 2.24) is 14.8 Å². The van der Waals surface area contributed by atoms with E-state index in [9.17, 15) is 4.39 Å². The van der Waals surface area contributed by atoms with Crippen LogP contribution in [0, 0.1) is 5.82 Å². The Kier molecular flexibility index (Phi) is 5.13. The summed E-state index contributed by atoms with van der Waals surface area (Å²) in [4.78, 5) is 0. The molecule has 0 atom stereocenters. The summed E-state index contributed by atoms with van der Waals surface area (Å²) in [5.74, 6) is 1.30. The number of hydrogen-bond acceptors (Lipinski definition) is 3. The van der Waals surface area contributed by atoms with E-state index < -0.39 is 0 Å². The van der Waals surface area contributed by atoms with Gasteiger partial charge in [0.15, 0.2) is 11.0 Å². The lowest BCUT2D eigenvalue weighted by atomic mass is 10.2. The lowest BCUT2D eigenvalue weighted by Crippen LogP contribution is -1.99. The van der Waals surface area contributed by atoms with Crippen LogP contribution in [0.5, 0.6) is 0 Å². The topological polar surface area (TPSA) is 30.7 Å². The molecule has 0 spiro atoms. The van der Waals surface area contributed by atoms with Crippen LogP contribution in [0.15, 0.2) is 58.2 Å². The van der Waals surface area contributed by atoms with Gasteiger partial charge in [-0.05, 0) is 36.8 Å². The SMILES string of the molecule is CCn1c(SCc2cccc(F)c2)nnc1-c1ccc(Br)cc1. The number of hydrogen-bond donors (Lipinski definition) is 0. The fraction of sp³-hybridized carbons (Fsp3) is 0.176. The first-order valence-electron chi connectivity index (χ1n) is 7.23. The molecule has 0 aliphatic heterocycles. The van der Waals surface area contributed by atoms with E-state index >= 15 is 0 Å². The van der Waals surface area contributed by atoms with Gasteiger partial charge in [-0.25, -0.2) is 4.39 Å². The van der Waals surface area contributed by atoms with Gasteiger partial charge in [-0.15, -0.1) is 10.2 Å². The molecule has 2 aromatic carbocycles. The molecule has 0 N–H and O–H groups in total. The Hall–Kier alpha value is -1.66. The van der Waals surface area contributed by atoms with E-state index in [1.807, 2.05) is 30.3 Å². The van der Waals surface area contributed by atoms with Gasteiger partial charge in [-0.1, -0.05) is 52.0 Å². The molecule has 0 radical (unpaired) electrons. The smallest absolute Gasteiger partial charge is 0.191 e. The van der Waals surface area contributed by atoms with Gasteiger partial charge < -0.3 is 4.57 Å². The zero-order chi connectivity index (χ0) is 16.2. The predicted molar refractivity (Wildman–Crippen MR) is 94.8 cm³/mol. The third-order valence-corrected chi connectivity index (χ3v) is 4.96. The summed E-state index contributed by atoms with van der Waals surface area (Å²) in [7, 11) is 0. The molecule has 0 aliphatic carbocycles. The average molecular weight is 392 g/mol. The Morgan fingerprint density at radius 1 is 1.13 bits per heavy atom. The summed E-state index contributed by atoms with van der Waals surface area (Å²) in [6.45, 7) is 2.85. The van der Waals surface area contributed by atoms with Gasteiger partial charge >= 0.3 is 0 Å². The van der Waals surface area contributed by atoms with Gasteiger partial charge in [0.05, 0.1) is 0 Å². The molecule has 0 saturated carbocycles. The maximum Gasteiger partial charge on any atom is 0.191 e. The molecule has 23 heavy (non-hydrogen) atoms. The van der Waals surface area contributed by atoms with Gasteiger partial charge in [0.25, 0.3) is 0 Å². The van der Waals surface area contributed by atoms with Gasteiger partial charge in [0.1, 0.15) is 5.82 Å². The Labute approximate surface area is 147 Å². The lowest BCUT2D eigenvalue weighted by molar-refractivity contribution is 0.626. The van der Waals surface area contributed by atoms with E-state index in [1.54, 1.807) is 23.9 Å². The van der Waals surface area contributed by atoms with Gasteiger partial charge in [0.2, 0.25) is 0 Å². The number of aromatic nitrogens is 3. The quantitative estimate of drug-likeness (QED) is 0.562. The highest BCUT2D eigenvalue weighted by Crippen LogP contribution is 2.27. The van der Waals surface area contributed by atoms with E-state index in [0.29, 0.717) is 5.75 Å². The summed E-state index contributed by atoms with van der Waals surface area (Å²) in [6, 6.07) is 14.7. The van der Waals surface area contributed by atoms with Crippen LogP contribution in [0.3, 0.4) is 0 Å². The fourth-order valence-corrected chi connectivity index (χ4v) is 3.48. The Morgan fingerprint density at radius 3 is 2.61 bits per heavy atom. The molecule has 1 heterocycles. The zero-order valence-corrected chi connectivity index (χ0v) is 14.9. The molecule has 3 rings (SSSR count). The van der Waals surface area contributed by atoms with E-state index in [-0.39, 0.29) is 5.82 Å². The van der Waals surface area contributed by atoms with Gasteiger partial charge in [-0.2, -0.15) is 0 Å². The molecular weight excluding hydrogens is 377 g/mol. The highest BCUT2D eigenvalue weighted by molar-refractivity contribution is 9.10. The summed E-state index contributed by atoms with van der Waals surface area (Å²) in [6.07, 6.45) is 0. The van der Waals surface area contributed by atoms with Gasteiger partial charge in [0, 0.05) is 22.3 Å². The number of thioether (sulfide) groups is 1. The van der Waals surface area contributed by atoms with Crippen molar-refractivity contribution in [2.45, 2.75) is 24.4 Å². The Morgan fingerprint density at radius 2 is 1.91 bits per heavy atom. The minimum Gasteiger partial charge on any atom is -0.302 e. The summed E-state index contributed by atoms with van der Waals surface area (Å²) in [5.41, 5.74) is 1.96. The highest BCUT2D eigenvalue weighted by atomic mass is 79.9. The first kappa shape index (κ1) is 16.2. The maximum atomic E-state index is 13.3. The molecule has 0 bridgehead atoms. The van der Waals surface area contributed by atoms with E-state index in [0.717, 1.165) is 33.1 Å². The van der Waals surface area contributed by atoms with Crippen LogP contribution >= 0.6 is 27.7 Å². The zero-order valence-electron chi connectivity index (χ0n) is 12.5. The van der Waals surface area contributed by atoms with Crippen molar-refractivity contribution in [2.24, 2.45) is 0 Å². The van der Waals surface area contributed by atoms with Crippen molar-refractivity contribution < 1.29 is 4.39 Å². The van der Waals surface area contributed by atoms with E-state index in [2.05, 4.69) is 37.6 Å². The van der Waals surface area contributed by atoms with Crippen LogP contribution in [-0.2, 0) is 12.3 Å². The second-order valence-electron chi connectivity index (χ2n) is 4.98. The minimum absolute atomic E-state index is 0.212. The largest absolute Gasteiger partial charge is 0.302 e. The molecule has 0 saturated heterocycles. The second-order valence-corrected chi connectivity index (χ2v) is 6.83. The molecule has 0 aliphatic rings. The van der Waals surface area contributed by atoms with Crippen LogP contribution < -0.4 is 0 Å². The lowest BCUT2D eigenvalue weighted by Gasteiger charge is -2.07. The standard InChI is InChI=1S/C17H15BrFN3S/c1-2-22-16(13-6-8-14(18)9-7-13)20-21-17(22)23-11-12-4-3-5-15(19)10-12/h3-10H,2,11H2,1H3. The van der Waals surface area contributed by atoms with Crippen molar-refractivity contribution in [3.8, 4) is 11.4 Å². The van der Waals surface area contributed by atoms with Crippen molar-refractivity contribution in [2.75, 3.05) is 0 Å². The first-order chi connectivity index (χ1) is 11.2. The van der Waals surface area contributed by atoms with Crippen molar-refractivity contribution in [3.63, 3.8) is 0 Å². The number of benzene rings is 2. The minimum atomic E-state index is -0.212. The van der Waals surface area contributed by atoms with Crippen LogP contribution in [0.2, 0.25) is 0 Å². The third-order valence-electron chi connectivity index (χ3n) is 3.39. The van der Waals surface area contributed by atoms with Crippen molar-refractivity contribution >= 4 is 27.7 Å². The van der Waals surface area contributed by atoms with Crippen LogP contribution in [0.4, 0.5) is 4.39 Å². The third kappa shape index (κ3) is 3.82. The average Bonchev–Trinajstić information content (AvgIpc) is 2.96. The monoisotopic (exact) mass is 391 g/mol. The molecule has 3 nitrogen and oxygen atoms in total.